The maximum atomic E-state index is 12.0. The van der Waals surface area contributed by atoms with Gasteiger partial charge in [-0.3, -0.25) is 14.4 Å². The van der Waals surface area contributed by atoms with Crippen LogP contribution in [0.25, 0.3) is 0 Å². The van der Waals surface area contributed by atoms with Crippen LogP contribution >= 0.6 is 0 Å². The van der Waals surface area contributed by atoms with Crippen LogP contribution < -0.4 is 5.32 Å². The number of nitrogens with one attached hydrogen (secondary N) is 1. The summed E-state index contributed by atoms with van der Waals surface area (Å²) in [5, 5.41) is 10.5. The van der Waals surface area contributed by atoms with E-state index in [1.807, 2.05) is 6.92 Å². The average molecular weight is 266 g/mol. The summed E-state index contributed by atoms with van der Waals surface area (Å²) in [5.74, 6) is 0.0877. The number of rotatable bonds is 5. The van der Waals surface area contributed by atoms with Gasteiger partial charge < -0.3 is 10.2 Å². The maximum Gasteiger partial charge on any atom is 0.237 e. The van der Waals surface area contributed by atoms with Crippen LogP contribution in [0.2, 0.25) is 0 Å². The lowest BCUT2D eigenvalue weighted by atomic mass is 10.2. The van der Waals surface area contributed by atoms with Crippen molar-refractivity contribution >= 4 is 5.91 Å². The smallest absolute Gasteiger partial charge is 0.237 e. The van der Waals surface area contributed by atoms with Crippen LogP contribution in [0.1, 0.15) is 6.92 Å². The standard InChI is InChI=1S/C12H22N6O/c1-11(17-9-7-16(2)8-10-17)12(19)13-3-5-18-6-4-14-15-18/h4,6,11H,3,5,7-10H2,1-2H3,(H,13,19)/t11-/m1/s1. The zero-order valence-corrected chi connectivity index (χ0v) is 11.6. The second-order valence-electron chi connectivity index (χ2n) is 4.97. The van der Waals surface area contributed by atoms with Crippen LogP contribution in [-0.4, -0.2) is 76.5 Å². The minimum atomic E-state index is -0.0653. The second-order valence-corrected chi connectivity index (χ2v) is 4.97. The Balaban J connectivity index is 1.70. The highest BCUT2D eigenvalue weighted by Crippen LogP contribution is 2.04. The first-order valence-corrected chi connectivity index (χ1v) is 6.71. The molecular weight excluding hydrogens is 244 g/mol. The minimum absolute atomic E-state index is 0.0653. The molecule has 1 aliphatic heterocycles. The number of carbonyl (C=O) groups is 1. The van der Waals surface area contributed by atoms with E-state index in [0.29, 0.717) is 13.1 Å². The molecule has 0 aliphatic carbocycles. The molecule has 7 heteroatoms. The fourth-order valence-electron chi connectivity index (χ4n) is 2.17. The van der Waals surface area contributed by atoms with Gasteiger partial charge in [-0.05, 0) is 14.0 Å². The van der Waals surface area contributed by atoms with Crippen molar-refractivity contribution in [1.82, 2.24) is 30.1 Å². The zero-order chi connectivity index (χ0) is 13.7. The van der Waals surface area contributed by atoms with Gasteiger partial charge in [0.25, 0.3) is 0 Å². The van der Waals surface area contributed by atoms with Gasteiger partial charge in [0, 0.05) is 38.9 Å². The molecule has 0 saturated carbocycles. The number of piperazine rings is 1. The normalized spacial score (nSPS) is 19.3. The summed E-state index contributed by atoms with van der Waals surface area (Å²) in [7, 11) is 2.11. The molecule has 0 aromatic carbocycles. The number of amides is 1. The molecule has 1 N–H and O–H groups in total. The first-order chi connectivity index (χ1) is 9.16. The van der Waals surface area contributed by atoms with Crippen molar-refractivity contribution in [2.24, 2.45) is 0 Å². The molecule has 1 aromatic heterocycles. The number of likely N-dealkylation sites (N-methyl/N-ethyl adjacent to an activating group) is 1. The van der Waals surface area contributed by atoms with Crippen molar-refractivity contribution in [1.29, 1.82) is 0 Å². The van der Waals surface area contributed by atoms with E-state index in [1.165, 1.54) is 0 Å². The molecule has 1 aromatic rings. The van der Waals surface area contributed by atoms with Crippen LogP contribution in [0.5, 0.6) is 0 Å². The van der Waals surface area contributed by atoms with Crippen LogP contribution in [0.15, 0.2) is 12.4 Å². The number of hydrogen-bond donors (Lipinski definition) is 1. The monoisotopic (exact) mass is 266 g/mol. The summed E-state index contributed by atoms with van der Waals surface area (Å²) in [6.45, 7) is 7.16. The second kappa shape index (κ2) is 6.63. The number of nitrogens with zero attached hydrogens (tertiary/aromatic N) is 5. The van der Waals surface area contributed by atoms with Gasteiger partial charge >= 0.3 is 0 Å². The van der Waals surface area contributed by atoms with Crippen molar-refractivity contribution < 1.29 is 4.79 Å². The summed E-state index contributed by atoms with van der Waals surface area (Å²) in [6.07, 6.45) is 3.42. The SMILES string of the molecule is C[C@H](C(=O)NCCn1ccnn1)N1CCN(C)CC1. The zero-order valence-electron chi connectivity index (χ0n) is 11.6. The Hall–Kier alpha value is -1.47. The Morgan fingerprint density at radius 2 is 2.11 bits per heavy atom. The first-order valence-electron chi connectivity index (χ1n) is 6.71. The molecule has 7 nitrogen and oxygen atoms in total. The molecule has 2 heterocycles. The lowest BCUT2D eigenvalue weighted by molar-refractivity contribution is -0.126. The molecule has 19 heavy (non-hydrogen) atoms. The Bertz CT molecular complexity index is 385. The largest absolute Gasteiger partial charge is 0.353 e. The maximum absolute atomic E-state index is 12.0. The van der Waals surface area contributed by atoms with Crippen LogP contribution in [0.4, 0.5) is 0 Å². The molecule has 106 valence electrons. The lowest BCUT2D eigenvalue weighted by Crippen LogP contribution is -2.53. The molecule has 1 aliphatic rings. The summed E-state index contributed by atoms with van der Waals surface area (Å²) in [5.41, 5.74) is 0. The summed E-state index contributed by atoms with van der Waals surface area (Å²) in [4.78, 5) is 16.6. The van der Waals surface area contributed by atoms with Crippen LogP contribution in [0, 0.1) is 0 Å². The Kier molecular flexibility index (Phi) is 4.86. The lowest BCUT2D eigenvalue weighted by Gasteiger charge is -2.35. The van der Waals surface area contributed by atoms with Crippen molar-refractivity contribution in [3.05, 3.63) is 12.4 Å². The predicted molar refractivity (Wildman–Crippen MR) is 71.6 cm³/mol. The topological polar surface area (TPSA) is 66.3 Å². The van der Waals surface area contributed by atoms with E-state index in [4.69, 9.17) is 0 Å². The first kappa shape index (κ1) is 14.0. The molecule has 1 amide bonds. The Labute approximate surface area is 113 Å². The van der Waals surface area contributed by atoms with Gasteiger partial charge in [-0.1, -0.05) is 5.21 Å². The average Bonchev–Trinajstić information content (AvgIpc) is 2.92. The van der Waals surface area contributed by atoms with Gasteiger partial charge in [-0.15, -0.1) is 5.10 Å². The van der Waals surface area contributed by atoms with Crippen LogP contribution in [-0.2, 0) is 11.3 Å². The predicted octanol–water partition coefficient (Wildman–Crippen LogP) is -0.970. The minimum Gasteiger partial charge on any atom is -0.353 e. The molecular formula is C12H22N6O. The van der Waals surface area contributed by atoms with Crippen molar-refractivity contribution in [3.8, 4) is 0 Å². The third kappa shape index (κ3) is 4.00. The third-order valence-corrected chi connectivity index (χ3v) is 3.58. The quantitative estimate of drug-likeness (QED) is 0.743. The fourth-order valence-corrected chi connectivity index (χ4v) is 2.17. The highest BCUT2D eigenvalue weighted by Gasteiger charge is 2.23. The molecule has 0 spiro atoms. The van der Waals surface area contributed by atoms with Gasteiger partial charge in [0.2, 0.25) is 5.91 Å². The molecule has 1 fully saturated rings. The van der Waals surface area contributed by atoms with Gasteiger partial charge in [0.15, 0.2) is 0 Å². The highest BCUT2D eigenvalue weighted by molar-refractivity contribution is 5.81. The van der Waals surface area contributed by atoms with E-state index < -0.39 is 0 Å². The van der Waals surface area contributed by atoms with E-state index in [2.05, 4.69) is 32.5 Å². The van der Waals surface area contributed by atoms with E-state index in [1.54, 1.807) is 17.1 Å². The van der Waals surface area contributed by atoms with Gasteiger partial charge in [-0.2, -0.15) is 0 Å². The molecule has 2 rings (SSSR count). The van der Waals surface area contributed by atoms with Gasteiger partial charge in [0.05, 0.1) is 18.8 Å². The van der Waals surface area contributed by atoms with E-state index >= 15 is 0 Å². The fraction of sp³-hybridized carbons (Fsp3) is 0.750. The van der Waals surface area contributed by atoms with Crippen LogP contribution in [0.3, 0.4) is 0 Å². The summed E-state index contributed by atoms with van der Waals surface area (Å²) in [6, 6.07) is -0.0653. The van der Waals surface area contributed by atoms with Gasteiger partial charge in [0.1, 0.15) is 0 Å². The number of carbonyl (C=O) groups excluding carboxylic acids is 1. The number of aromatic nitrogens is 3. The summed E-state index contributed by atoms with van der Waals surface area (Å²) < 4.78 is 1.71. The van der Waals surface area contributed by atoms with E-state index in [0.717, 1.165) is 26.2 Å². The van der Waals surface area contributed by atoms with E-state index in [9.17, 15) is 4.79 Å². The molecule has 1 atom stereocenters. The molecule has 0 unspecified atom stereocenters. The van der Waals surface area contributed by atoms with Crippen molar-refractivity contribution in [2.75, 3.05) is 39.8 Å². The number of hydrogen-bond acceptors (Lipinski definition) is 5. The Morgan fingerprint density at radius 1 is 1.37 bits per heavy atom. The third-order valence-electron chi connectivity index (χ3n) is 3.58. The van der Waals surface area contributed by atoms with Gasteiger partial charge in [-0.25, -0.2) is 0 Å². The molecule has 0 radical (unpaired) electrons. The van der Waals surface area contributed by atoms with E-state index in [-0.39, 0.29) is 11.9 Å². The molecule has 0 bridgehead atoms. The van der Waals surface area contributed by atoms with Crippen molar-refractivity contribution in [3.63, 3.8) is 0 Å². The molecule has 1 saturated heterocycles. The summed E-state index contributed by atoms with van der Waals surface area (Å²) >= 11 is 0. The Morgan fingerprint density at radius 3 is 2.74 bits per heavy atom. The highest BCUT2D eigenvalue weighted by atomic mass is 16.2. The van der Waals surface area contributed by atoms with Crippen molar-refractivity contribution in [2.45, 2.75) is 19.5 Å².